The molecule has 0 aliphatic carbocycles. The van der Waals surface area contributed by atoms with E-state index in [0.29, 0.717) is 25.3 Å². The lowest BCUT2D eigenvalue weighted by Gasteiger charge is -2.14. The number of aliphatic hydroxyl groups excluding tert-OH is 1. The van der Waals surface area contributed by atoms with Gasteiger partial charge in [0.1, 0.15) is 0 Å². The van der Waals surface area contributed by atoms with Crippen molar-refractivity contribution in [1.29, 1.82) is 0 Å². The predicted molar refractivity (Wildman–Crippen MR) is 70.7 cm³/mol. The summed E-state index contributed by atoms with van der Waals surface area (Å²) in [6, 6.07) is 11.5. The maximum atomic E-state index is 12.4. The van der Waals surface area contributed by atoms with Gasteiger partial charge in [0.25, 0.3) is 5.91 Å². The molecular weight excluding hydrogens is 242 g/mol. The van der Waals surface area contributed by atoms with E-state index >= 15 is 0 Å². The summed E-state index contributed by atoms with van der Waals surface area (Å²) >= 11 is 0. The zero-order chi connectivity index (χ0) is 13.2. The molecule has 4 nitrogen and oxygen atoms in total. The Labute approximate surface area is 111 Å². The molecule has 3 rings (SSSR count). The van der Waals surface area contributed by atoms with E-state index < -0.39 is 6.10 Å². The zero-order valence-electron chi connectivity index (χ0n) is 10.5. The highest BCUT2D eigenvalue weighted by atomic mass is 16.3. The summed E-state index contributed by atoms with van der Waals surface area (Å²) in [4.78, 5) is 14.0. The first-order chi connectivity index (χ1) is 9.25. The number of β-amino-alcohol motifs (C(OH)–C–C–N with tert-alkyl or cyclic N) is 1. The van der Waals surface area contributed by atoms with Gasteiger partial charge in [-0.3, -0.25) is 4.79 Å². The Kier molecular flexibility index (Phi) is 3.09. The van der Waals surface area contributed by atoms with E-state index in [9.17, 15) is 9.90 Å². The number of hydrogen-bond donors (Lipinski definition) is 1. The van der Waals surface area contributed by atoms with Crippen LogP contribution in [0.15, 0.2) is 47.1 Å². The molecule has 2 heterocycles. The molecule has 0 spiro atoms. The molecule has 1 aromatic carbocycles. The van der Waals surface area contributed by atoms with E-state index in [0.717, 1.165) is 11.1 Å². The largest absolute Gasteiger partial charge is 0.459 e. The first-order valence-electron chi connectivity index (χ1n) is 6.36. The van der Waals surface area contributed by atoms with Crippen molar-refractivity contribution in [3.63, 3.8) is 0 Å². The van der Waals surface area contributed by atoms with Gasteiger partial charge in [-0.2, -0.15) is 0 Å². The fourth-order valence-corrected chi connectivity index (χ4v) is 2.39. The quantitative estimate of drug-likeness (QED) is 0.897. The third kappa shape index (κ3) is 2.27. The number of aliphatic hydroxyl groups is 1. The topological polar surface area (TPSA) is 53.7 Å². The first kappa shape index (κ1) is 12.0. The van der Waals surface area contributed by atoms with E-state index in [2.05, 4.69) is 0 Å². The second-order valence-electron chi connectivity index (χ2n) is 4.72. The van der Waals surface area contributed by atoms with Gasteiger partial charge in [-0.15, -0.1) is 0 Å². The molecular formula is C15H15NO3. The van der Waals surface area contributed by atoms with Gasteiger partial charge in [0.05, 0.1) is 12.4 Å². The number of furan rings is 1. The van der Waals surface area contributed by atoms with Crippen molar-refractivity contribution >= 4 is 5.91 Å². The van der Waals surface area contributed by atoms with Gasteiger partial charge in [0.2, 0.25) is 0 Å². The lowest BCUT2D eigenvalue weighted by atomic mass is 10.1. The summed E-state index contributed by atoms with van der Waals surface area (Å²) in [5.74, 6) is 0.195. The van der Waals surface area contributed by atoms with Crippen LogP contribution >= 0.6 is 0 Å². The van der Waals surface area contributed by atoms with E-state index in [1.807, 2.05) is 30.3 Å². The van der Waals surface area contributed by atoms with E-state index in [4.69, 9.17) is 4.42 Å². The van der Waals surface area contributed by atoms with Gasteiger partial charge in [-0.05, 0) is 18.1 Å². The predicted octanol–water partition coefficient (Wildman–Crippen LogP) is 2.15. The Morgan fingerprint density at radius 1 is 1.26 bits per heavy atom. The number of rotatable bonds is 2. The average molecular weight is 257 g/mol. The van der Waals surface area contributed by atoms with Crippen LogP contribution in [0.3, 0.4) is 0 Å². The van der Waals surface area contributed by atoms with Crippen molar-refractivity contribution in [2.24, 2.45) is 0 Å². The zero-order valence-corrected chi connectivity index (χ0v) is 10.5. The fraction of sp³-hybridized carbons (Fsp3) is 0.267. The fourth-order valence-electron chi connectivity index (χ4n) is 2.39. The summed E-state index contributed by atoms with van der Waals surface area (Å²) in [5.41, 5.74) is 1.76. The second-order valence-corrected chi connectivity index (χ2v) is 4.72. The molecule has 1 N–H and O–H groups in total. The third-order valence-corrected chi connectivity index (χ3v) is 3.39. The Balaban J connectivity index is 1.90. The van der Waals surface area contributed by atoms with Crippen molar-refractivity contribution < 1.29 is 14.3 Å². The number of benzene rings is 1. The van der Waals surface area contributed by atoms with E-state index in [-0.39, 0.29) is 5.91 Å². The molecule has 1 atom stereocenters. The Morgan fingerprint density at radius 2 is 2.05 bits per heavy atom. The Bertz CT molecular complexity index is 576. The van der Waals surface area contributed by atoms with Crippen LogP contribution in [0.2, 0.25) is 0 Å². The van der Waals surface area contributed by atoms with Crippen molar-refractivity contribution in [3.8, 4) is 11.1 Å². The Morgan fingerprint density at radius 3 is 2.74 bits per heavy atom. The van der Waals surface area contributed by atoms with Crippen LogP contribution in [0.5, 0.6) is 0 Å². The monoisotopic (exact) mass is 257 g/mol. The molecule has 0 unspecified atom stereocenters. The maximum Gasteiger partial charge on any atom is 0.290 e. The molecule has 1 aliphatic heterocycles. The van der Waals surface area contributed by atoms with Gasteiger partial charge < -0.3 is 14.4 Å². The van der Waals surface area contributed by atoms with Crippen molar-refractivity contribution in [2.45, 2.75) is 12.5 Å². The highest BCUT2D eigenvalue weighted by molar-refractivity contribution is 5.98. The minimum atomic E-state index is -0.418. The molecule has 98 valence electrons. The number of nitrogens with zero attached hydrogens (tertiary/aromatic N) is 1. The summed E-state index contributed by atoms with van der Waals surface area (Å²) in [7, 11) is 0. The van der Waals surface area contributed by atoms with Crippen molar-refractivity contribution in [2.75, 3.05) is 13.1 Å². The minimum absolute atomic E-state index is 0.152. The van der Waals surface area contributed by atoms with Crippen LogP contribution in [-0.4, -0.2) is 35.1 Å². The van der Waals surface area contributed by atoms with E-state index in [1.54, 1.807) is 11.0 Å². The summed E-state index contributed by atoms with van der Waals surface area (Å²) in [6.07, 6.45) is 1.74. The molecule has 1 saturated heterocycles. The van der Waals surface area contributed by atoms with Gasteiger partial charge in [-0.25, -0.2) is 0 Å². The molecule has 0 saturated carbocycles. The number of carbonyl (C=O) groups is 1. The molecule has 1 aliphatic rings. The SMILES string of the molecule is O=C(c1occc1-c1ccccc1)N1CC[C@H](O)C1. The van der Waals surface area contributed by atoms with Gasteiger partial charge in [0, 0.05) is 18.7 Å². The molecule has 2 aromatic rings. The van der Waals surface area contributed by atoms with Gasteiger partial charge in [0.15, 0.2) is 5.76 Å². The lowest BCUT2D eigenvalue weighted by molar-refractivity contribution is 0.0735. The number of amides is 1. The van der Waals surface area contributed by atoms with Crippen LogP contribution in [0.4, 0.5) is 0 Å². The standard InChI is InChI=1S/C15H15NO3/c17-12-6-8-16(10-12)15(18)14-13(7-9-19-14)11-4-2-1-3-5-11/h1-5,7,9,12,17H,6,8,10H2/t12-/m0/s1. The number of hydrogen-bond acceptors (Lipinski definition) is 3. The minimum Gasteiger partial charge on any atom is -0.459 e. The average Bonchev–Trinajstić information content (AvgIpc) is 3.07. The number of likely N-dealkylation sites (tertiary alicyclic amines) is 1. The summed E-state index contributed by atoms with van der Waals surface area (Å²) < 4.78 is 5.36. The molecule has 1 fully saturated rings. The molecule has 0 radical (unpaired) electrons. The Hall–Kier alpha value is -2.07. The normalized spacial score (nSPS) is 18.8. The molecule has 19 heavy (non-hydrogen) atoms. The molecule has 0 bridgehead atoms. The lowest BCUT2D eigenvalue weighted by Crippen LogP contribution is -2.29. The smallest absolute Gasteiger partial charge is 0.290 e. The van der Waals surface area contributed by atoms with Crippen LogP contribution in [-0.2, 0) is 0 Å². The molecule has 1 amide bonds. The van der Waals surface area contributed by atoms with Gasteiger partial charge in [-0.1, -0.05) is 30.3 Å². The second kappa shape index (κ2) is 4.90. The molecule has 1 aromatic heterocycles. The van der Waals surface area contributed by atoms with Crippen LogP contribution in [0, 0.1) is 0 Å². The highest BCUT2D eigenvalue weighted by Crippen LogP contribution is 2.26. The first-order valence-corrected chi connectivity index (χ1v) is 6.36. The highest BCUT2D eigenvalue weighted by Gasteiger charge is 2.28. The van der Waals surface area contributed by atoms with Crippen molar-refractivity contribution in [1.82, 2.24) is 4.90 Å². The van der Waals surface area contributed by atoms with Crippen LogP contribution in [0.25, 0.3) is 11.1 Å². The number of carbonyl (C=O) groups excluding carboxylic acids is 1. The summed E-state index contributed by atoms with van der Waals surface area (Å²) in [5, 5.41) is 9.51. The van der Waals surface area contributed by atoms with Crippen molar-refractivity contribution in [3.05, 3.63) is 48.4 Å². The van der Waals surface area contributed by atoms with Gasteiger partial charge >= 0.3 is 0 Å². The molecule has 4 heteroatoms. The van der Waals surface area contributed by atoms with Crippen LogP contribution < -0.4 is 0 Å². The van der Waals surface area contributed by atoms with E-state index in [1.165, 1.54) is 6.26 Å². The summed E-state index contributed by atoms with van der Waals surface area (Å²) in [6.45, 7) is 0.961. The van der Waals surface area contributed by atoms with Crippen LogP contribution in [0.1, 0.15) is 17.0 Å². The third-order valence-electron chi connectivity index (χ3n) is 3.39. The maximum absolute atomic E-state index is 12.4.